The Morgan fingerprint density at radius 2 is 2.25 bits per heavy atom. The van der Waals surface area contributed by atoms with Crippen molar-refractivity contribution < 1.29 is 4.79 Å². The van der Waals surface area contributed by atoms with E-state index in [1.54, 1.807) is 31.1 Å². The third-order valence-electron chi connectivity index (χ3n) is 3.75. The van der Waals surface area contributed by atoms with E-state index in [9.17, 15) is 4.79 Å². The molecule has 1 heterocycles. The Hall–Kier alpha value is -1.75. The second kappa shape index (κ2) is 6.13. The highest BCUT2D eigenvalue weighted by atomic mass is 16.2. The van der Waals surface area contributed by atoms with Crippen LogP contribution in [0.15, 0.2) is 18.2 Å². The first-order valence-electron chi connectivity index (χ1n) is 7.01. The van der Waals surface area contributed by atoms with E-state index in [1.165, 1.54) is 6.42 Å². The van der Waals surface area contributed by atoms with Crippen LogP contribution in [0.3, 0.4) is 0 Å². The molecule has 1 aliphatic rings. The van der Waals surface area contributed by atoms with E-state index >= 15 is 0 Å². The summed E-state index contributed by atoms with van der Waals surface area (Å²) in [5.74, 6) is 0.625. The number of nitrogen functional groups attached to an aromatic ring is 1. The van der Waals surface area contributed by atoms with Crippen LogP contribution in [0.25, 0.3) is 0 Å². The topological polar surface area (TPSA) is 61.6 Å². The van der Waals surface area contributed by atoms with Crippen LogP contribution in [0.5, 0.6) is 0 Å². The summed E-state index contributed by atoms with van der Waals surface area (Å²) < 4.78 is 0. The fourth-order valence-electron chi connectivity index (χ4n) is 2.58. The number of anilines is 2. The van der Waals surface area contributed by atoms with Gasteiger partial charge in [0.1, 0.15) is 0 Å². The molecule has 110 valence electrons. The number of nitrogens with zero attached hydrogens (tertiary/aromatic N) is 2. The highest BCUT2D eigenvalue weighted by Gasteiger charge is 2.20. The maximum atomic E-state index is 12.2. The molecular weight excluding hydrogens is 252 g/mol. The van der Waals surface area contributed by atoms with Crippen LogP contribution in [-0.2, 0) is 0 Å². The Balaban J connectivity index is 2.09. The average Bonchev–Trinajstić information content (AvgIpc) is 2.81. The molecule has 5 nitrogen and oxygen atoms in total. The van der Waals surface area contributed by atoms with Crippen molar-refractivity contribution in [1.29, 1.82) is 0 Å². The van der Waals surface area contributed by atoms with Gasteiger partial charge in [0.15, 0.2) is 0 Å². The standard InChI is InChI=1S/C15H24N4O/c1-18(2)15(20)13-5-4-12(16)8-14(13)17-9-11-6-7-19(3)10-11/h4-5,8,11,17H,6-7,9-10,16H2,1-3H3. The second-order valence-electron chi connectivity index (χ2n) is 5.80. The van der Waals surface area contributed by atoms with Gasteiger partial charge in [-0.2, -0.15) is 0 Å². The normalized spacial score (nSPS) is 19.1. The van der Waals surface area contributed by atoms with Gasteiger partial charge in [0.25, 0.3) is 5.91 Å². The van der Waals surface area contributed by atoms with Crippen molar-refractivity contribution in [3.63, 3.8) is 0 Å². The van der Waals surface area contributed by atoms with Gasteiger partial charge < -0.3 is 20.9 Å². The summed E-state index contributed by atoms with van der Waals surface area (Å²) in [5, 5.41) is 3.40. The number of rotatable bonds is 4. The zero-order valence-electron chi connectivity index (χ0n) is 12.5. The summed E-state index contributed by atoms with van der Waals surface area (Å²) in [6, 6.07) is 5.40. The van der Waals surface area contributed by atoms with Crippen LogP contribution in [-0.4, -0.2) is 56.5 Å². The molecule has 0 aliphatic carbocycles. The van der Waals surface area contributed by atoms with Crippen LogP contribution in [0, 0.1) is 5.92 Å². The molecule has 20 heavy (non-hydrogen) atoms. The molecule has 0 radical (unpaired) electrons. The summed E-state index contributed by atoms with van der Waals surface area (Å²) in [5.41, 5.74) is 8.02. The van der Waals surface area contributed by atoms with Crippen molar-refractivity contribution in [2.75, 3.05) is 51.8 Å². The van der Waals surface area contributed by atoms with Gasteiger partial charge in [-0.15, -0.1) is 0 Å². The van der Waals surface area contributed by atoms with Crippen LogP contribution in [0.4, 0.5) is 11.4 Å². The van der Waals surface area contributed by atoms with Crippen LogP contribution < -0.4 is 11.1 Å². The van der Waals surface area contributed by atoms with Gasteiger partial charge in [0.2, 0.25) is 0 Å². The lowest BCUT2D eigenvalue weighted by Gasteiger charge is -2.18. The van der Waals surface area contributed by atoms with Gasteiger partial charge in [-0.1, -0.05) is 0 Å². The molecule has 1 aromatic carbocycles. The number of nitrogens with two attached hydrogens (primary N) is 1. The first-order valence-corrected chi connectivity index (χ1v) is 7.01. The first kappa shape index (κ1) is 14.7. The van der Waals surface area contributed by atoms with E-state index < -0.39 is 0 Å². The Labute approximate surface area is 120 Å². The highest BCUT2D eigenvalue weighted by Crippen LogP contribution is 2.22. The molecular formula is C15H24N4O. The molecule has 2 rings (SSSR count). The SMILES string of the molecule is CN1CCC(CNc2cc(N)ccc2C(=O)N(C)C)C1. The molecule has 0 saturated carbocycles. The van der Waals surface area contributed by atoms with Gasteiger partial charge in [-0.3, -0.25) is 4.79 Å². The van der Waals surface area contributed by atoms with Gasteiger partial charge in [0.05, 0.1) is 5.56 Å². The van der Waals surface area contributed by atoms with Crippen molar-refractivity contribution >= 4 is 17.3 Å². The van der Waals surface area contributed by atoms with Crippen molar-refractivity contribution in [3.05, 3.63) is 23.8 Å². The molecule has 0 spiro atoms. The summed E-state index contributed by atoms with van der Waals surface area (Å²) in [7, 11) is 5.66. The quantitative estimate of drug-likeness (QED) is 0.815. The Morgan fingerprint density at radius 3 is 2.85 bits per heavy atom. The lowest BCUT2D eigenvalue weighted by Crippen LogP contribution is -2.24. The van der Waals surface area contributed by atoms with Crippen molar-refractivity contribution in [2.45, 2.75) is 6.42 Å². The van der Waals surface area contributed by atoms with Crippen LogP contribution >= 0.6 is 0 Å². The number of likely N-dealkylation sites (tertiary alicyclic amines) is 1. The molecule has 5 heteroatoms. The number of benzene rings is 1. The molecule has 1 saturated heterocycles. The van der Waals surface area contributed by atoms with Gasteiger partial charge in [0, 0.05) is 38.6 Å². The van der Waals surface area contributed by atoms with E-state index in [0.717, 1.165) is 25.3 Å². The van der Waals surface area contributed by atoms with Crippen molar-refractivity contribution in [3.8, 4) is 0 Å². The maximum Gasteiger partial charge on any atom is 0.255 e. The minimum Gasteiger partial charge on any atom is -0.399 e. The third-order valence-corrected chi connectivity index (χ3v) is 3.75. The molecule has 1 atom stereocenters. The summed E-state index contributed by atoms with van der Waals surface area (Å²) in [4.78, 5) is 16.1. The Bertz CT molecular complexity index is 487. The minimum absolute atomic E-state index is 0.00367. The van der Waals surface area contributed by atoms with Crippen molar-refractivity contribution in [1.82, 2.24) is 9.80 Å². The fraction of sp³-hybridized carbons (Fsp3) is 0.533. The zero-order valence-corrected chi connectivity index (χ0v) is 12.5. The number of amides is 1. The van der Waals surface area contributed by atoms with Crippen LogP contribution in [0.2, 0.25) is 0 Å². The van der Waals surface area contributed by atoms with Gasteiger partial charge >= 0.3 is 0 Å². The smallest absolute Gasteiger partial charge is 0.255 e. The molecule has 0 aromatic heterocycles. The molecule has 1 aliphatic heterocycles. The van der Waals surface area contributed by atoms with Gasteiger partial charge in [-0.05, 0) is 44.1 Å². The Morgan fingerprint density at radius 1 is 1.50 bits per heavy atom. The molecule has 1 amide bonds. The third kappa shape index (κ3) is 3.42. The lowest BCUT2D eigenvalue weighted by molar-refractivity contribution is 0.0828. The zero-order chi connectivity index (χ0) is 14.7. The highest BCUT2D eigenvalue weighted by molar-refractivity contribution is 6.00. The van der Waals surface area contributed by atoms with E-state index in [-0.39, 0.29) is 5.91 Å². The summed E-state index contributed by atoms with van der Waals surface area (Å²) in [6.45, 7) is 3.13. The number of carbonyl (C=O) groups is 1. The van der Waals surface area contributed by atoms with Crippen LogP contribution in [0.1, 0.15) is 16.8 Å². The minimum atomic E-state index is -0.00367. The lowest BCUT2D eigenvalue weighted by atomic mass is 10.1. The van der Waals surface area contributed by atoms with Crippen molar-refractivity contribution in [2.24, 2.45) is 5.92 Å². The van der Waals surface area contributed by atoms with Gasteiger partial charge in [-0.25, -0.2) is 0 Å². The molecule has 1 unspecified atom stereocenters. The predicted octanol–water partition coefficient (Wildman–Crippen LogP) is 1.33. The predicted molar refractivity (Wildman–Crippen MR) is 83.0 cm³/mol. The number of hydrogen-bond acceptors (Lipinski definition) is 4. The summed E-state index contributed by atoms with van der Waals surface area (Å²) >= 11 is 0. The largest absolute Gasteiger partial charge is 0.399 e. The monoisotopic (exact) mass is 276 g/mol. The Kier molecular flexibility index (Phi) is 4.49. The van der Waals surface area contributed by atoms with E-state index in [4.69, 9.17) is 5.73 Å². The van der Waals surface area contributed by atoms with E-state index in [2.05, 4.69) is 17.3 Å². The molecule has 1 aromatic rings. The second-order valence-corrected chi connectivity index (χ2v) is 5.80. The fourth-order valence-corrected chi connectivity index (χ4v) is 2.58. The number of nitrogens with one attached hydrogen (secondary N) is 1. The molecule has 1 fully saturated rings. The average molecular weight is 276 g/mol. The van der Waals surface area contributed by atoms with E-state index in [1.807, 2.05) is 6.07 Å². The first-order chi connectivity index (χ1) is 9.47. The number of hydrogen-bond donors (Lipinski definition) is 2. The molecule has 0 bridgehead atoms. The number of carbonyl (C=O) groups excluding carboxylic acids is 1. The maximum absolute atomic E-state index is 12.2. The van der Waals surface area contributed by atoms with E-state index in [0.29, 0.717) is 17.2 Å². The molecule has 3 N–H and O–H groups in total. The summed E-state index contributed by atoms with van der Waals surface area (Å²) in [6.07, 6.45) is 1.20.